The molecule has 0 bridgehead atoms. The smallest absolute Gasteiger partial charge is 0.271 e. The van der Waals surface area contributed by atoms with Crippen molar-refractivity contribution in [3.63, 3.8) is 0 Å². The van der Waals surface area contributed by atoms with Gasteiger partial charge in [-0.15, -0.1) is 0 Å². The first kappa shape index (κ1) is 22.0. The molecule has 0 fully saturated rings. The topological polar surface area (TPSA) is 110 Å². The van der Waals surface area contributed by atoms with Gasteiger partial charge in [-0.1, -0.05) is 0 Å². The molecule has 0 radical (unpaired) electrons. The van der Waals surface area contributed by atoms with Crippen LogP contribution in [0.1, 0.15) is 29.8 Å². The monoisotopic (exact) mass is 438 g/mol. The van der Waals surface area contributed by atoms with Crippen molar-refractivity contribution in [2.75, 3.05) is 11.3 Å². The minimum atomic E-state index is -3.76. The minimum absolute atomic E-state index is 0.110. The number of ether oxygens (including phenoxy) is 1. The van der Waals surface area contributed by atoms with Gasteiger partial charge in [-0.05, 0) is 74.5 Å². The number of carbonyl (C=O) groups is 1. The van der Waals surface area contributed by atoms with Crippen LogP contribution in [0.25, 0.3) is 0 Å². The van der Waals surface area contributed by atoms with E-state index in [2.05, 4.69) is 20.2 Å². The molecule has 31 heavy (non-hydrogen) atoms. The lowest BCUT2D eigenvalue weighted by Crippen LogP contribution is -2.19. The van der Waals surface area contributed by atoms with Crippen LogP contribution in [-0.4, -0.2) is 31.6 Å². The van der Waals surface area contributed by atoms with E-state index >= 15 is 0 Å². The van der Waals surface area contributed by atoms with E-state index in [1.807, 2.05) is 6.92 Å². The number of nitrogens with one attached hydrogen (secondary N) is 2. The highest BCUT2D eigenvalue weighted by atomic mass is 32.2. The Balaban J connectivity index is 1.64. The summed E-state index contributed by atoms with van der Waals surface area (Å²) < 4.78 is 32.9. The molecular weight excluding hydrogens is 416 g/mol. The fourth-order valence-electron chi connectivity index (χ4n) is 2.64. The number of pyridine rings is 1. The lowest BCUT2D eigenvalue weighted by molar-refractivity contribution is 0.0955. The van der Waals surface area contributed by atoms with Crippen LogP contribution in [0.3, 0.4) is 0 Å². The fourth-order valence-corrected chi connectivity index (χ4v) is 3.70. The third-order valence-electron chi connectivity index (χ3n) is 4.27. The molecule has 3 rings (SSSR count). The lowest BCUT2D eigenvalue weighted by atomic mass is 10.2. The van der Waals surface area contributed by atoms with Crippen molar-refractivity contribution in [2.24, 2.45) is 5.10 Å². The van der Waals surface area contributed by atoms with Gasteiger partial charge in [-0.25, -0.2) is 13.8 Å². The maximum Gasteiger partial charge on any atom is 0.271 e. The van der Waals surface area contributed by atoms with Gasteiger partial charge in [0.05, 0.1) is 17.2 Å². The maximum atomic E-state index is 12.5. The number of benzene rings is 2. The van der Waals surface area contributed by atoms with Crippen LogP contribution >= 0.6 is 0 Å². The number of rotatable bonds is 8. The SMILES string of the molecule is CCOc1ccc(S(=O)(=O)Nc2ccc(C(=O)N/N=C(\C)c3ccncc3)cc2)cc1. The minimum Gasteiger partial charge on any atom is -0.494 e. The van der Waals surface area contributed by atoms with E-state index in [1.165, 1.54) is 36.4 Å². The van der Waals surface area contributed by atoms with E-state index in [1.54, 1.807) is 43.6 Å². The number of nitrogens with zero attached hydrogens (tertiary/aromatic N) is 2. The zero-order valence-electron chi connectivity index (χ0n) is 17.1. The number of hydrogen-bond acceptors (Lipinski definition) is 6. The van der Waals surface area contributed by atoms with Crippen LogP contribution < -0.4 is 14.9 Å². The number of hydrogen-bond donors (Lipinski definition) is 2. The van der Waals surface area contributed by atoms with Crippen LogP contribution in [0.4, 0.5) is 5.69 Å². The number of sulfonamides is 1. The molecular formula is C22H22N4O4S. The molecule has 0 aliphatic rings. The second kappa shape index (κ2) is 9.86. The van der Waals surface area contributed by atoms with Gasteiger partial charge in [0.1, 0.15) is 5.75 Å². The van der Waals surface area contributed by atoms with Crippen LogP contribution in [0.5, 0.6) is 5.75 Å². The van der Waals surface area contributed by atoms with Crippen LogP contribution in [0, 0.1) is 0 Å². The van der Waals surface area contributed by atoms with Gasteiger partial charge in [0.2, 0.25) is 0 Å². The number of amides is 1. The molecule has 0 saturated carbocycles. The second-order valence-electron chi connectivity index (χ2n) is 6.46. The first-order valence-corrected chi connectivity index (χ1v) is 11.0. The summed E-state index contributed by atoms with van der Waals surface area (Å²) in [5, 5.41) is 4.08. The highest BCUT2D eigenvalue weighted by Gasteiger charge is 2.15. The molecule has 1 amide bonds. The molecule has 0 saturated heterocycles. The van der Waals surface area contributed by atoms with Crippen molar-refractivity contribution in [1.29, 1.82) is 0 Å². The predicted molar refractivity (Wildman–Crippen MR) is 119 cm³/mol. The Labute approximate surface area is 181 Å². The highest BCUT2D eigenvalue weighted by molar-refractivity contribution is 7.92. The fraction of sp³-hybridized carbons (Fsp3) is 0.136. The van der Waals surface area contributed by atoms with Gasteiger partial charge in [-0.3, -0.25) is 14.5 Å². The molecule has 8 nitrogen and oxygen atoms in total. The molecule has 160 valence electrons. The molecule has 1 aromatic heterocycles. The maximum absolute atomic E-state index is 12.5. The van der Waals surface area contributed by atoms with Crippen molar-refractivity contribution in [3.8, 4) is 5.75 Å². The Kier molecular flexibility index (Phi) is 6.99. The summed E-state index contributed by atoms with van der Waals surface area (Å²) in [5.41, 5.74) is 4.64. The first-order valence-electron chi connectivity index (χ1n) is 9.50. The third kappa shape index (κ3) is 5.89. The van der Waals surface area contributed by atoms with E-state index in [0.717, 1.165) is 5.56 Å². The molecule has 9 heteroatoms. The number of aromatic nitrogens is 1. The normalized spacial score (nSPS) is 11.6. The van der Waals surface area contributed by atoms with Gasteiger partial charge >= 0.3 is 0 Å². The average Bonchev–Trinajstić information content (AvgIpc) is 2.78. The summed E-state index contributed by atoms with van der Waals surface area (Å²) in [7, 11) is -3.76. The highest BCUT2D eigenvalue weighted by Crippen LogP contribution is 2.19. The Morgan fingerprint density at radius 1 is 0.968 bits per heavy atom. The van der Waals surface area contributed by atoms with Crippen LogP contribution in [0.2, 0.25) is 0 Å². The molecule has 0 spiro atoms. The van der Waals surface area contributed by atoms with Crippen LogP contribution in [-0.2, 0) is 10.0 Å². The predicted octanol–water partition coefficient (Wildman–Crippen LogP) is 3.44. The van der Waals surface area contributed by atoms with E-state index in [4.69, 9.17) is 4.74 Å². The summed E-state index contributed by atoms with van der Waals surface area (Å²) in [6.45, 7) is 4.12. The molecule has 0 aliphatic heterocycles. The summed E-state index contributed by atoms with van der Waals surface area (Å²) in [4.78, 5) is 16.4. The number of hydrazone groups is 1. The van der Waals surface area contributed by atoms with Crippen molar-refractivity contribution >= 4 is 27.3 Å². The Morgan fingerprint density at radius 2 is 1.61 bits per heavy atom. The van der Waals surface area contributed by atoms with Gasteiger partial charge in [-0.2, -0.15) is 5.10 Å². The molecule has 3 aromatic rings. The summed E-state index contributed by atoms with van der Waals surface area (Å²) in [6.07, 6.45) is 3.28. The van der Waals surface area contributed by atoms with E-state index in [0.29, 0.717) is 29.3 Å². The Morgan fingerprint density at radius 3 is 2.23 bits per heavy atom. The van der Waals surface area contributed by atoms with Gasteiger partial charge < -0.3 is 4.74 Å². The Hall–Kier alpha value is -3.72. The Bertz CT molecular complexity index is 1160. The second-order valence-corrected chi connectivity index (χ2v) is 8.14. The zero-order valence-corrected chi connectivity index (χ0v) is 17.9. The van der Waals surface area contributed by atoms with Gasteiger partial charge in [0.15, 0.2) is 0 Å². The van der Waals surface area contributed by atoms with Crippen molar-refractivity contribution in [2.45, 2.75) is 18.7 Å². The molecule has 0 unspecified atom stereocenters. The zero-order chi connectivity index (χ0) is 22.3. The quantitative estimate of drug-likeness (QED) is 0.414. The van der Waals surface area contributed by atoms with Crippen molar-refractivity contribution in [1.82, 2.24) is 10.4 Å². The van der Waals surface area contributed by atoms with E-state index in [-0.39, 0.29) is 4.90 Å². The largest absolute Gasteiger partial charge is 0.494 e. The van der Waals surface area contributed by atoms with Crippen molar-refractivity contribution in [3.05, 3.63) is 84.2 Å². The van der Waals surface area contributed by atoms with Crippen molar-refractivity contribution < 1.29 is 17.9 Å². The molecule has 1 heterocycles. The van der Waals surface area contributed by atoms with E-state index < -0.39 is 15.9 Å². The molecule has 2 N–H and O–H groups in total. The third-order valence-corrected chi connectivity index (χ3v) is 5.66. The molecule has 2 aromatic carbocycles. The molecule has 0 atom stereocenters. The van der Waals surface area contributed by atoms with Crippen LogP contribution in [0.15, 0.2) is 83.1 Å². The standard InChI is InChI=1S/C22H22N4O4S/c1-3-30-20-8-10-21(11-9-20)31(28,29)26-19-6-4-18(5-7-19)22(27)25-24-16(2)17-12-14-23-15-13-17/h4-15,26H,3H2,1-2H3,(H,25,27)/b24-16+. The number of carbonyl (C=O) groups excluding carboxylic acids is 1. The van der Waals surface area contributed by atoms with Gasteiger partial charge in [0.25, 0.3) is 15.9 Å². The van der Waals surface area contributed by atoms with E-state index in [9.17, 15) is 13.2 Å². The molecule has 0 aliphatic carbocycles. The lowest BCUT2D eigenvalue weighted by Gasteiger charge is -2.10. The number of anilines is 1. The van der Waals surface area contributed by atoms with Gasteiger partial charge in [0, 0.05) is 29.2 Å². The summed E-state index contributed by atoms with van der Waals surface area (Å²) >= 11 is 0. The first-order chi connectivity index (χ1) is 14.9. The summed E-state index contributed by atoms with van der Waals surface area (Å²) in [6, 6.07) is 15.8. The average molecular weight is 439 g/mol. The summed E-state index contributed by atoms with van der Waals surface area (Å²) in [5.74, 6) is 0.188.